The molecule has 1 aromatic carbocycles. The molecule has 7 heteroatoms. The molecule has 0 spiro atoms. The number of hydrogen-bond donors (Lipinski definition) is 2. The molecule has 0 aliphatic carbocycles. The number of rotatable bonds is 7. The van der Waals surface area contributed by atoms with Gasteiger partial charge in [-0.3, -0.25) is 4.72 Å². The number of nitrogens with zero attached hydrogens (tertiary/aromatic N) is 1. The molecule has 0 amide bonds. The van der Waals surface area contributed by atoms with Gasteiger partial charge in [-0.1, -0.05) is 13.3 Å². The molecule has 0 aliphatic rings. The fourth-order valence-electron chi connectivity index (χ4n) is 1.77. The third-order valence-corrected chi connectivity index (χ3v) is 4.27. The van der Waals surface area contributed by atoms with Crippen LogP contribution in [0.2, 0.25) is 0 Å². The lowest BCUT2D eigenvalue weighted by Crippen LogP contribution is -2.17. The minimum Gasteiger partial charge on any atom is -0.354 e. The fraction of sp³-hybridized carbons (Fsp3) is 0.267. The van der Waals surface area contributed by atoms with Crippen LogP contribution in [0.25, 0.3) is 0 Å². The summed E-state index contributed by atoms with van der Waals surface area (Å²) in [6.45, 7) is 1.93. The van der Waals surface area contributed by atoms with Crippen LogP contribution in [-0.4, -0.2) is 19.2 Å². The van der Waals surface area contributed by atoms with Crippen LogP contribution in [0.5, 0.6) is 0 Å². The van der Waals surface area contributed by atoms with Crippen molar-refractivity contribution in [3.63, 3.8) is 0 Å². The summed E-state index contributed by atoms with van der Waals surface area (Å²) in [4.78, 5) is 4.06. The van der Waals surface area contributed by atoms with E-state index in [1.807, 2.05) is 6.92 Å². The number of sulfonamides is 1. The average Bonchev–Trinajstić information content (AvgIpc) is 2.49. The maximum Gasteiger partial charge on any atom is 0.233 e. The minimum absolute atomic E-state index is 0.0841. The summed E-state index contributed by atoms with van der Waals surface area (Å²) < 4.78 is 38.8. The summed E-state index contributed by atoms with van der Waals surface area (Å²) in [7, 11) is -3.35. The molecule has 1 heterocycles. The summed E-state index contributed by atoms with van der Waals surface area (Å²) in [5.41, 5.74) is 1.41. The topological polar surface area (TPSA) is 71.1 Å². The zero-order chi connectivity index (χ0) is 16.0. The van der Waals surface area contributed by atoms with Gasteiger partial charge in [0.2, 0.25) is 10.0 Å². The number of hydrogen-bond acceptors (Lipinski definition) is 4. The van der Waals surface area contributed by atoms with Gasteiger partial charge in [0.25, 0.3) is 0 Å². The lowest BCUT2D eigenvalue weighted by molar-refractivity contribution is 0.597. The first-order chi connectivity index (χ1) is 10.5. The van der Waals surface area contributed by atoms with E-state index >= 15 is 0 Å². The monoisotopic (exact) mass is 323 g/mol. The third-order valence-electron chi connectivity index (χ3n) is 2.92. The smallest absolute Gasteiger partial charge is 0.233 e. The van der Waals surface area contributed by atoms with Gasteiger partial charge in [0.1, 0.15) is 11.6 Å². The number of benzene rings is 1. The van der Waals surface area contributed by atoms with Crippen molar-refractivity contribution < 1.29 is 12.8 Å². The Morgan fingerprint density at radius 3 is 2.36 bits per heavy atom. The van der Waals surface area contributed by atoms with Crippen molar-refractivity contribution in [3.8, 4) is 0 Å². The molecule has 2 aromatic rings. The van der Waals surface area contributed by atoms with Crippen molar-refractivity contribution in [2.24, 2.45) is 0 Å². The molecule has 22 heavy (non-hydrogen) atoms. The Balaban J connectivity index is 1.99. The van der Waals surface area contributed by atoms with E-state index in [2.05, 4.69) is 15.0 Å². The van der Waals surface area contributed by atoms with E-state index in [1.54, 1.807) is 24.3 Å². The van der Waals surface area contributed by atoms with Crippen LogP contribution >= 0.6 is 0 Å². The molecule has 0 bridgehead atoms. The number of nitrogens with one attached hydrogen (secondary N) is 2. The predicted molar refractivity (Wildman–Crippen MR) is 86.2 cm³/mol. The Hall–Kier alpha value is -2.15. The molecular formula is C15H18FN3O2S. The summed E-state index contributed by atoms with van der Waals surface area (Å²) in [6, 6.07) is 9.20. The standard InChI is InChI=1S/C15H18FN3O2S/c1-2-3-10-22(20,21)19-15-9-8-14(11-17-15)18-13-6-4-12(16)5-7-13/h4-9,11,18H,2-3,10H2,1H3,(H,17,19). The van der Waals surface area contributed by atoms with Crippen molar-refractivity contribution in [2.75, 3.05) is 15.8 Å². The molecular weight excluding hydrogens is 305 g/mol. The first kappa shape index (κ1) is 16.2. The molecule has 1 aromatic heterocycles. The van der Waals surface area contributed by atoms with E-state index < -0.39 is 10.0 Å². The Bertz CT molecular complexity index is 701. The maximum atomic E-state index is 12.8. The highest BCUT2D eigenvalue weighted by Crippen LogP contribution is 2.17. The zero-order valence-electron chi connectivity index (χ0n) is 12.2. The molecule has 0 atom stereocenters. The van der Waals surface area contributed by atoms with Crippen molar-refractivity contribution in [2.45, 2.75) is 19.8 Å². The van der Waals surface area contributed by atoms with E-state index in [1.165, 1.54) is 18.3 Å². The van der Waals surface area contributed by atoms with Gasteiger partial charge in [-0.05, 0) is 42.8 Å². The van der Waals surface area contributed by atoms with Crippen molar-refractivity contribution in [3.05, 3.63) is 48.4 Å². The van der Waals surface area contributed by atoms with E-state index in [4.69, 9.17) is 0 Å². The first-order valence-corrected chi connectivity index (χ1v) is 8.63. The van der Waals surface area contributed by atoms with Crippen LogP contribution in [0.1, 0.15) is 19.8 Å². The van der Waals surface area contributed by atoms with Gasteiger partial charge in [-0.25, -0.2) is 17.8 Å². The van der Waals surface area contributed by atoms with E-state index in [9.17, 15) is 12.8 Å². The first-order valence-electron chi connectivity index (χ1n) is 6.97. The second-order valence-corrected chi connectivity index (χ2v) is 6.68. The van der Waals surface area contributed by atoms with Gasteiger partial charge in [-0.15, -0.1) is 0 Å². The average molecular weight is 323 g/mol. The Morgan fingerprint density at radius 1 is 1.09 bits per heavy atom. The van der Waals surface area contributed by atoms with Gasteiger partial charge in [-0.2, -0.15) is 0 Å². The lowest BCUT2D eigenvalue weighted by Gasteiger charge is -2.09. The Kier molecular flexibility index (Phi) is 5.32. The second kappa shape index (κ2) is 7.22. The number of anilines is 3. The van der Waals surface area contributed by atoms with E-state index in [-0.39, 0.29) is 17.4 Å². The van der Waals surface area contributed by atoms with Gasteiger partial charge >= 0.3 is 0 Å². The SMILES string of the molecule is CCCCS(=O)(=O)Nc1ccc(Nc2ccc(F)cc2)cn1. The normalized spacial score (nSPS) is 11.2. The summed E-state index contributed by atoms with van der Waals surface area (Å²) in [5, 5.41) is 3.05. The number of aromatic nitrogens is 1. The molecule has 0 saturated carbocycles. The molecule has 0 fully saturated rings. The highest BCUT2D eigenvalue weighted by atomic mass is 32.2. The second-order valence-electron chi connectivity index (χ2n) is 4.84. The fourth-order valence-corrected chi connectivity index (χ4v) is 2.98. The van der Waals surface area contributed by atoms with Crippen molar-refractivity contribution >= 4 is 27.2 Å². The molecule has 118 valence electrons. The van der Waals surface area contributed by atoms with Crippen LogP contribution in [-0.2, 0) is 10.0 Å². The Morgan fingerprint density at radius 2 is 1.77 bits per heavy atom. The van der Waals surface area contributed by atoms with Gasteiger partial charge in [0.05, 0.1) is 17.6 Å². The van der Waals surface area contributed by atoms with Crippen LogP contribution in [0.3, 0.4) is 0 Å². The molecule has 0 saturated heterocycles. The van der Waals surface area contributed by atoms with Gasteiger partial charge in [0.15, 0.2) is 0 Å². The molecule has 2 rings (SSSR count). The van der Waals surface area contributed by atoms with Crippen LogP contribution in [0.15, 0.2) is 42.6 Å². The maximum absolute atomic E-state index is 12.8. The number of unbranched alkanes of at least 4 members (excludes halogenated alkanes) is 1. The van der Waals surface area contributed by atoms with E-state index in [0.29, 0.717) is 12.1 Å². The molecule has 0 aliphatic heterocycles. The minimum atomic E-state index is -3.35. The highest BCUT2D eigenvalue weighted by Gasteiger charge is 2.10. The molecule has 0 radical (unpaired) electrons. The Labute approximate surface area is 129 Å². The largest absolute Gasteiger partial charge is 0.354 e. The number of pyridine rings is 1. The van der Waals surface area contributed by atoms with Crippen LogP contribution < -0.4 is 10.0 Å². The molecule has 0 unspecified atom stereocenters. The van der Waals surface area contributed by atoms with Crippen molar-refractivity contribution in [1.29, 1.82) is 0 Å². The molecule has 2 N–H and O–H groups in total. The quantitative estimate of drug-likeness (QED) is 0.818. The van der Waals surface area contributed by atoms with Crippen LogP contribution in [0.4, 0.5) is 21.6 Å². The highest BCUT2D eigenvalue weighted by molar-refractivity contribution is 7.92. The van der Waals surface area contributed by atoms with Gasteiger partial charge in [0, 0.05) is 5.69 Å². The lowest BCUT2D eigenvalue weighted by atomic mass is 10.3. The van der Waals surface area contributed by atoms with Crippen molar-refractivity contribution in [1.82, 2.24) is 4.98 Å². The summed E-state index contributed by atoms with van der Waals surface area (Å²) >= 11 is 0. The summed E-state index contributed by atoms with van der Waals surface area (Å²) in [6.07, 6.45) is 2.94. The van der Waals surface area contributed by atoms with Gasteiger partial charge < -0.3 is 5.32 Å². The third kappa shape index (κ3) is 5.00. The van der Waals surface area contributed by atoms with Crippen LogP contribution in [0, 0.1) is 5.82 Å². The zero-order valence-corrected chi connectivity index (χ0v) is 13.0. The van der Waals surface area contributed by atoms with E-state index in [0.717, 1.165) is 12.1 Å². The molecule has 5 nitrogen and oxygen atoms in total. The predicted octanol–water partition coefficient (Wildman–Crippen LogP) is 3.51. The summed E-state index contributed by atoms with van der Waals surface area (Å²) in [5.74, 6) is 0.0575. The number of halogens is 1.